The third-order valence-corrected chi connectivity index (χ3v) is 4.48. The summed E-state index contributed by atoms with van der Waals surface area (Å²) in [4.78, 5) is 0. The lowest BCUT2D eigenvalue weighted by molar-refractivity contribution is 0.411. The molecule has 1 unspecified atom stereocenters. The van der Waals surface area contributed by atoms with E-state index in [1.165, 1.54) is 0 Å². The van der Waals surface area contributed by atoms with Gasteiger partial charge in [0.15, 0.2) is 0 Å². The molecule has 3 heterocycles. The molecular formula is C18H19N5O2. The van der Waals surface area contributed by atoms with E-state index >= 15 is 0 Å². The van der Waals surface area contributed by atoms with Gasteiger partial charge < -0.3 is 15.2 Å². The molecule has 2 aromatic heterocycles. The monoisotopic (exact) mass is 337 g/mol. The second-order valence-corrected chi connectivity index (χ2v) is 6.03. The number of methoxy groups -OCH3 is 1. The first-order valence-corrected chi connectivity index (χ1v) is 8.22. The van der Waals surface area contributed by atoms with Crippen LogP contribution < -0.4 is 10.1 Å². The summed E-state index contributed by atoms with van der Waals surface area (Å²) in [5.74, 6) is 1.07. The molecule has 7 heteroatoms. The SMILES string of the molecule is COc1cc(C2CCNC2)nnc1-c1ccc(-n2cccn2)cc1O. The second kappa shape index (κ2) is 6.52. The zero-order valence-corrected chi connectivity index (χ0v) is 13.9. The molecule has 4 rings (SSSR count). The molecule has 1 atom stereocenters. The van der Waals surface area contributed by atoms with Gasteiger partial charge in [0.2, 0.25) is 0 Å². The van der Waals surface area contributed by atoms with Crippen molar-refractivity contribution in [2.45, 2.75) is 12.3 Å². The van der Waals surface area contributed by atoms with Crippen molar-refractivity contribution < 1.29 is 9.84 Å². The van der Waals surface area contributed by atoms with Gasteiger partial charge in [-0.2, -0.15) is 10.2 Å². The van der Waals surface area contributed by atoms with Crippen molar-refractivity contribution in [2.24, 2.45) is 0 Å². The van der Waals surface area contributed by atoms with Crippen molar-refractivity contribution in [1.29, 1.82) is 0 Å². The van der Waals surface area contributed by atoms with E-state index in [4.69, 9.17) is 4.74 Å². The average Bonchev–Trinajstić information content (AvgIpc) is 3.35. The van der Waals surface area contributed by atoms with Crippen LogP contribution in [0.3, 0.4) is 0 Å². The molecule has 2 N–H and O–H groups in total. The zero-order valence-electron chi connectivity index (χ0n) is 13.9. The topological polar surface area (TPSA) is 85.1 Å². The first kappa shape index (κ1) is 15.6. The predicted octanol–water partition coefficient (Wildman–Crippen LogP) is 2.12. The van der Waals surface area contributed by atoms with Crippen LogP contribution in [0.15, 0.2) is 42.7 Å². The van der Waals surface area contributed by atoms with Gasteiger partial charge in [0.05, 0.1) is 18.5 Å². The maximum absolute atomic E-state index is 10.5. The summed E-state index contributed by atoms with van der Waals surface area (Å²) in [5.41, 5.74) is 2.79. The van der Waals surface area contributed by atoms with Gasteiger partial charge in [-0.3, -0.25) is 0 Å². The number of rotatable bonds is 4. The smallest absolute Gasteiger partial charge is 0.149 e. The van der Waals surface area contributed by atoms with Gasteiger partial charge in [-0.05, 0) is 31.2 Å². The lowest BCUT2D eigenvalue weighted by atomic mass is 10.0. The molecule has 1 aliphatic heterocycles. The van der Waals surface area contributed by atoms with Gasteiger partial charge in [0.1, 0.15) is 17.2 Å². The quantitative estimate of drug-likeness (QED) is 0.758. The average molecular weight is 337 g/mol. The molecule has 0 amide bonds. The van der Waals surface area contributed by atoms with Crippen molar-refractivity contribution in [3.63, 3.8) is 0 Å². The van der Waals surface area contributed by atoms with Crippen LogP contribution in [0.5, 0.6) is 11.5 Å². The van der Waals surface area contributed by atoms with Crippen LogP contribution in [0.4, 0.5) is 0 Å². The number of phenols is 1. The molecule has 1 aliphatic rings. The van der Waals surface area contributed by atoms with Gasteiger partial charge in [-0.25, -0.2) is 4.68 Å². The Morgan fingerprint density at radius 2 is 2.20 bits per heavy atom. The molecule has 0 radical (unpaired) electrons. The number of hydrogen-bond acceptors (Lipinski definition) is 6. The number of phenolic OH excluding ortho intramolecular Hbond substituents is 1. The molecule has 0 bridgehead atoms. The van der Waals surface area contributed by atoms with E-state index in [-0.39, 0.29) is 5.75 Å². The van der Waals surface area contributed by atoms with E-state index in [0.29, 0.717) is 22.9 Å². The molecule has 25 heavy (non-hydrogen) atoms. The number of aromatic hydroxyl groups is 1. The highest BCUT2D eigenvalue weighted by Crippen LogP contribution is 2.36. The Balaban J connectivity index is 1.71. The van der Waals surface area contributed by atoms with Crippen LogP contribution in [0.25, 0.3) is 16.9 Å². The van der Waals surface area contributed by atoms with Gasteiger partial charge >= 0.3 is 0 Å². The van der Waals surface area contributed by atoms with Crippen molar-refractivity contribution >= 4 is 0 Å². The van der Waals surface area contributed by atoms with Gasteiger partial charge in [0, 0.05) is 42.6 Å². The Bertz CT molecular complexity index is 873. The Kier molecular flexibility index (Phi) is 4.07. The number of ether oxygens (including phenoxy) is 1. The third kappa shape index (κ3) is 2.94. The summed E-state index contributed by atoms with van der Waals surface area (Å²) >= 11 is 0. The molecule has 3 aromatic rings. The van der Waals surface area contributed by atoms with Crippen molar-refractivity contribution in [1.82, 2.24) is 25.3 Å². The lowest BCUT2D eigenvalue weighted by Crippen LogP contribution is -2.10. The number of nitrogens with zero attached hydrogens (tertiary/aromatic N) is 4. The summed E-state index contributed by atoms with van der Waals surface area (Å²) in [6.07, 6.45) is 4.55. The molecular weight excluding hydrogens is 318 g/mol. The fourth-order valence-electron chi connectivity index (χ4n) is 3.12. The van der Waals surface area contributed by atoms with E-state index < -0.39 is 0 Å². The number of aromatic nitrogens is 4. The molecule has 0 saturated carbocycles. The van der Waals surface area contributed by atoms with Gasteiger partial charge in [0.25, 0.3) is 0 Å². The van der Waals surface area contributed by atoms with Gasteiger partial charge in [-0.15, -0.1) is 5.10 Å². The maximum atomic E-state index is 10.5. The zero-order chi connectivity index (χ0) is 17.2. The lowest BCUT2D eigenvalue weighted by Gasteiger charge is -2.13. The summed E-state index contributed by atoms with van der Waals surface area (Å²) in [7, 11) is 1.60. The maximum Gasteiger partial charge on any atom is 0.149 e. The number of benzene rings is 1. The van der Waals surface area contributed by atoms with E-state index in [1.54, 1.807) is 30.1 Å². The van der Waals surface area contributed by atoms with Crippen LogP contribution in [-0.2, 0) is 0 Å². The Morgan fingerprint density at radius 3 is 2.88 bits per heavy atom. The van der Waals surface area contributed by atoms with Gasteiger partial charge in [-0.1, -0.05) is 0 Å². The van der Waals surface area contributed by atoms with Crippen LogP contribution in [0, 0.1) is 0 Å². The summed E-state index contributed by atoms with van der Waals surface area (Å²) < 4.78 is 7.19. The Morgan fingerprint density at radius 1 is 1.28 bits per heavy atom. The fraction of sp³-hybridized carbons (Fsp3) is 0.278. The first-order valence-electron chi connectivity index (χ1n) is 8.22. The predicted molar refractivity (Wildman–Crippen MR) is 93.0 cm³/mol. The molecule has 0 spiro atoms. The third-order valence-electron chi connectivity index (χ3n) is 4.48. The largest absolute Gasteiger partial charge is 0.507 e. The van der Waals surface area contributed by atoms with Crippen molar-refractivity contribution in [3.8, 4) is 28.4 Å². The van der Waals surface area contributed by atoms with Crippen molar-refractivity contribution in [3.05, 3.63) is 48.4 Å². The Labute approximate surface area is 145 Å². The highest BCUT2D eigenvalue weighted by molar-refractivity contribution is 5.73. The van der Waals surface area contributed by atoms with Crippen molar-refractivity contribution in [2.75, 3.05) is 20.2 Å². The van der Waals surface area contributed by atoms with E-state index in [0.717, 1.165) is 30.9 Å². The standard InChI is InChI=1S/C18H19N5O2/c1-25-17-10-15(12-5-7-19-11-12)21-22-18(17)14-4-3-13(9-16(14)24)23-8-2-6-20-23/h2-4,6,8-10,12,19,24H,5,7,11H2,1H3. The van der Waals surface area contributed by atoms with Crippen LogP contribution in [0.2, 0.25) is 0 Å². The van der Waals surface area contributed by atoms with Crippen LogP contribution in [0.1, 0.15) is 18.0 Å². The molecule has 1 saturated heterocycles. The first-order chi connectivity index (χ1) is 12.3. The number of nitrogens with one attached hydrogen (secondary N) is 1. The van der Waals surface area contributed by atoms with Crippen LogP contribution in [-0.4, -0.2) is 45.3 Å². The Hall–Kier alpha value is -2.93. The summed E-state index contributed by atoms with van der Waals surface area (Å²) in [6.45, 7) is 1.90. The van der Waals surface area contributed by atoms with E-state index in [9.17, 15) is 5.11 Å². The molecule has 1 fully saturated rings. The molecule has 128 valence electrons. The normalized spacial score (nSPS) is 16.9. The molecule has 7 nitrogen and oxygen atoms in total. The minimum Gasteiger partial charge on any atom is -0.507 e. The molecule has 0 aliphatic carbocycles. The molecule has 1 aromatic carbocycles. The fourth-order valence-corrected chi connectivity index (χ4v) is 3.12. The summed E-state index contributed by atoms with van der Waals surface area (Å²) in [5, 5.41) is 26.7. The van der Waals surface area contributed by atoms with Crippen LogP contribution >= 0.6 is 0 Å². The van der Waals surface area contributed by atoms with E-state index in [2.05, 4.69) is 20.6 Å². The second-order valence-electron chi connectivity index (χ2n) is 6.03. The summed E-state index contributed by atoms with van der Waals surface area (Å²) in [6, 6.07) is 9.07. The highest BCUT2D eigenvalue weighted by Gasteiger charge is 2.21. The minimum absolute atomic E-state index is 0.107. The minimum atomic E-state index is 0.107. The van der Waals surface area contributed by atoms with E-state index in [1.807, 2.05) is 24.4 Å². The number of hydrogen-bond donors (Lipinski definition) is 2. The highest BCUT2D eigenvalue weighted by atomic mass is 16.5.